The number of hydrogen-bond acceptors (Lipinski definition) is 2. The van der Waals surface area contributed by atoms with Crippen LogP contribution in [0.1, 0.15) is 0 Å². The SMILES string of the molecule is [N-]=[N+]=Nc1ccc(Br)cc1S. The normalized spacial score (nSPS) is 8.91. The molecule has 0 saturated carbocycles. The first-order chi connectivity index (χ1) is 5.24. The lowest BCUT2D eigenvalue weighted by Crippen LogP contribution is -1.68. The van der Waals surface area contributed by atoms with Crippen LogP contribution < -0.4 is 0 Å². The van der Waals surface area contributed by atoms with Crippen LogP contribution in [0.15, 0.2) is 32.7 Å². The Morgan fingerprint density at radius 3 is 2.82 bits per heavy atom. The molecular weight excluding hydrogens is 226 g/mol. The molecule has 1 aromatic rings. The van der Waals surface area contributed by atoms with Crippen LogP contribution in [0.25, 0.3) is 10.4 Å². The van der Waals surface area contributed by atoms with Crippen molar-refractivity contribution in [3.63, 3.8) is 0 Å². The molecule has 3 nitrogen and oxygen atoms in total. The van der Waals surface area contributed by atoms with Gasteiger partial charge in [0.15, 0.2) is 0 Å². The van der Waals surface area contributed by atoms with Crippen LogP contribution in [0.2, 0.25) is 0 Å². The third-order valence-corrected chi connectivity index (χ3v) is 1.94. The largest absolute Gasteiger partial charge is 0.143 e. The first-order valence-corrected chi connectivity index (χ1v) is 4.01. The van der Waals surface area contributed by atoms with Gasteiger partial charge in [-0.2, -0.15) is 0 Å². The second kappa shape index (κ2) is 3.67. The molecule has 0 amide bonds. The van der Waals surface area contributed by atoms with Gasteiger partial charge < -0.3 is 0 Å². The summed E-state index contributed by atoms with van der Waals surface area (Å²) in [7, 11) is 0. The highest BCUT2D eigenvalue weighted by molar-refractivity contribution is 9.10. The van der Waals surface area contributed by atoms with Crippen molar-refractivity contribution in [3.05, 3.63) is 33.1 Å². The van der Waals surface area contributed by atoms with Crippen LogP contribution in [0.4, 0.5) is 5.69 Å². The van der Waals surface area contributed by atoms with E-state index < -0.39 is 0 Å². The number of nitrogens with zero attached hydrogens (tertiary/aromatic N) is 3. The summed E-state index contributed by atoms with van der Waals surface area (Å²) in [4.78, 5) is 3.32. The summed E-state index contributed by atoms with van der Waals surface area (Å²) in [6.07, 6.45) is 0. The Morgan fingerprint density at radius 2 is 2.27 bits per heavy atom. The van der Waals surface area contributed by atoms with E-state index >= 15 is 0 Å². The molecule has 0 atom stereocenters. The highest BCUT2D eigenvalue weighted by atomic mass is 79.9. The van der Waals surface area contributed by atoms with Gasteiger partial charge in [-0.05, 0) is 17.7 Å². The minimum absolute atomic E-state index is 0.541. The molecule has 5 heteroatoms. The van der Waals surface area contributed by atoms with E-state index in [1.54, 1.807) is 18.2 Å². The fourth-order valence-electron chi connectivity index (χ4n) is 0.629. The van der Waals surface area contributed by atoms with E-state index in [9.17, 15) is 0 Å². The Morgan fingerprint density at radius 1 is 1.55 bits per heavy atom. The van der Waals surface area contributed by atoms with Crippen molar-refractivity contribution in [2.75, 3.05) is 0 Å². The molecule has 1 rings (SSSR count). The molecule has 0 spiro atoms. The van der Waals surface area contributed by atoms with Crippen LogP contribution in [-0.4, -0.2) is 0 Å². The van der Waals surface area contributed by atoms with Gasteiger partial charge in [-0.1, -0.05) is 27.1 Å². The number of hydrogen-bond donors (Lipinski definition) is 1. The second-order valence-corrected chi connectivity index (χ2v) is 3.22. The molecular formula is C6H4BrN3S. The summed E-state index contributed by atoms with van der Waals surface area (Å²) in [5.41, 5.74) is 8.67. The Labute approximate surface area is 77.6 Å². The third kappa shape index (κ3) is 2.15. The quantitative estimate of drug-likeness (QED) is 0.331. The van der Waals surface area contributed by atoms with Crippen LogP contribution in [0.3, 0.4) is 0 Å². The lowest BCUT2D eigenvalue weighted by molar-refractivity contribution is 1.34. The Bertz CT molecular complexity index is 320. The van der Waals surface area contributed by atoms with Crippen molar-refractivity contribution < 1.29 is 0 Å². The average Bonchev–Trinajstić information content (AvgIpc) is 1.95. The zero-order valence-electron chi connectivity index (χ0n) is 5.40. The fourth-order valence-corrected chi connectivity index (χ4v) is 1.43. The van der Waals surface area contributed by atoms with Crippen molar-refractivity contribution in [1.82, 2.24) is 0 Å². The minimum atomic E-state index is 0.541. The molecule has 0 aliphatic rings. The van der Waals surface area contributed by atoms with Gasteiger partial charge in [0, 0.05) is 14.3 Å². The predicted octanol–water partition coefficient (Wildman–Crippen LogP) is 3.68. The van der Waals surface area contributed by atoms with Crippen molar-refractivity contribution in [1.29, 1.82) is 0 Å². The number of azide groups is 1. The van der Waals surface area contributed by atoms with Crippen molar-refractivity contribution in [2.45, 2.75) is 4.90 Å². The van der Waals surface area contributed by atoms with E-state index in [4.69, 9.17) is 5.53 Å². The van der Waals surface area contributed by atoms with Gasteiger partial charge in [0.2, 0.25) is 0 Å². The van der Waals surface area contributed by atoms with Gasteiger partial charge in [0.1, 0.15) is 0 Å². The highest BCUT2D eigenvalue weighted by Crippen LogP contribution is 2.26. The molecule has 11 heavy (non-hydrogen) atoms. The van der Waals surface area contributed by atoms with Crippen molar-refractivity contribution in [2.24, 2.45) is 5.11 Å². The highest BCUT2D eigenvalue weighted by Gasteiger charge is 1.95. The fraction of sp³-hybridized carbons (Fsp3) is 0. The molecule has 0 unspecified atom stereocenters. The number of halogens is 1. The van der Waals surface area contributed by atoms with Gasteiger partial charge in [-0.3, -0.25) is 0 Å². The molecule has 0 fully saturated rings. The van der Waals surface area contributed by atoms with Crippen LogP contribution in [0, 0.1) is 0 Å². The Hall–Kier alpha value is -0.640. The monoisotopic (exact) mass is 229 g/mol. The summed E-state index contributed by atoms with van der Waals surface area (Å²) in [5, 5.41) is 3.43. The van der Waals surface area contributed by atoms with Gasteiger partial charge in [0.25, 0.3) is 0 Å². The molecule has 0 saturated heterocycles. The van der Waals surface area contributed by atoms with E-state index in [0.29, 0.717) is 10.6 Å². The first kappa shape index (κ1) is 8.46. The van der Waals surface area contributed by atoms with Crippen molar-refractivity contribution in [3.8, 4) is 0 Å². The van der Waals surface area contributed by atoms with Crippen LogP contribution in [-0.2, 0) is 0 Å². The first-order valence-electron chi connectivity index (χ1n) is 2.77. The number of thiol groups is 1. The number of rotatable bonds is 1. The van der Waals surface area contributed by atoms with Crippen molar-refractivity contribution >= 4 is 34.2 Å². The molecule has 56 valence electrons. The van der Waals surface area contributed by atoms with Gasteiger partial charge in [-0.25, -0.2) is 0 Å². The average molecular weight is 230 g/mol. The van der Waals surface area contributed by atoms with Gasteiger partial charge in [-0.15, -0.1) is 12.6 Å². The Kier molecular flexibility index (Phi) is 2.82. The van der Waals surface area contributed by atoms with E-state index in [2.05, 4.69) is 38.6 Å². The molecule has 1 aromatic carbocycles. The minimum Gasteiger partial charge on any atom is -0.143 e. The third-order valence-electron chi connectivity index (χ3n) is 1.09. The van der Waals surface area contributed by atoms with E-state index in [-0.39, 0.29) is 0 Å². The molecule has 0 aliphatic heterocycles. The molecule has 0 aliphatic carbocycles. The summed E-state index contributed by atoms with van der Waals surface area (Å²) < 4.78 is 0.916. The maximum Gasteiger partial charge on any atom is 0.0509 e. The van der Waals surface area contributed by atoms with Crippen LogP contribution >= 0.6 is 28.6 Å². The lowest BCUT2D eigenvalue weighted by atomic mass is 10.3. The standard InChI is InChI=1S/C6H4BrN3S/c7-4-1-2-5(9-10-8)6(11)3-4/h1-3,11H. The molecule has 0 heterocycles. The van der Waals surface area contributed by atoms with Gasteiger partial charge in [0.05, 0.1) is 5.69 Å². The number of benzene rings is 1. The molecule has 0 bridgehead atoms. The summed E-state index contributed by atoms with van der Waals surface area (Å²) >= 11 is 7.37. The zero-order chi connectivity index (χ0) is 8.27. The lowest BCUT2D eigenvalue weighted by Gasteiger charge is -1.96. The zero-order valence-corrected chi connectivity index (χ0v) is 7.88. The second-order valence-electron chi connectivity index (χ2n) is 1.82. The molecule has 0 N–H and O–H groups in total. The maximum absolute atomic E-state index is 8.13. The topological polar surface area (TPSA) is 48.8 Å². The van der Waals surface area contributed by atoms with E-state index in [1.807, 2.05) is 0 Å². The van der Waals surface area contributed by atoms with Crippen LogP contribution in [0.5, 0.6) is 0 Å². The molecule has 0 radical (unpaired) electrons. The predicted molar refractivity (Wildman–Crippen MR) is 50.2 cm³/mol. The molecule has 0 aromatic heterocycles. The smallest absolute Gasteiger partial charge is 0.0509 e. The van der Waals surface area contributed by atoms with Gasteiger partial charge >= 0.3 is 0 Å². The summed E-state index contributed by atoms with van der Waals surface area (Å²) in [6.45, 7) is 0. The Balaban J connectivity index is 3.19. The van der Waals surface area contributed by atoms with E-state index in [1.165, 1.54) is 0 Å². The summed E-state index contributed by atoms with van der Waals surface area (Å²) in [5.74, 6) is 0. The maximum atomic E-state index is 8.13. The van der Waals surface area contributed by atoms with E-state index in [0.717, 1.165) is 4.47 Å². The summed E-state index contributed by atoms with van der Waals surface area (Å²) in [6, 6.07) is 5.27.